The zero-order valence-electron chi connectivity index (χ0n) is 9.36. The van der Waals surface area contributed by atoms with Crippen LogP contribution in [0.4, 0.5) is 0 Å². The Bertz CT molecular complexity index is 310. The van der Waals surface area contributed by atoms with Gasteiger partial charge >= 0.3 is 12.0 Å². The zero-order valence-corrected chi connectivity index (χ0v) is 10.4. The topological polar surface area (TPSA) is 69.4 Å². The van der Waals surface area contributed by atoms with Crippen LogP contribution in [0, 0.1) is 22.0 Å². The molecule has 0 aliphatic rings. The van der Waals surface area contributed by atoms with Gasteiger partial charge in [-0.2, -0.15) is 0 Å². The molecule has 0 fully saturated rings. The molecule has 0 aromatic carbocycles. The summed E-state index contributed by atoms with van der Waals surface area (Å²) in [7, 11) is -2.07. The van der Waals surface area contributed by atoms with E-state index in [0.717, 1.165) is 0 Å². The minimum atomic E-state index is -2.07. The van der Waals surface area contributed by atoms with Crippen LogP contribution in [0.5, 0.6) is 0 Å². The fourth-order valence-electron chi connectivity index (χ4n) is 0.812. The van der Waals surface area contributed by atoms with Crippen molar-refractivity contribution >= 4 is 14.3 Å². The van der Waals surface area contributed by atoms with E-state index in [-0.39, 0.29) is 6.42 Å². The molecular weight excluding hydrogens is 214 g/mol. The third kappa shape index (κ3) is 5.86. The Morgan fingerprint density at radius 2 is 2.07 bits per heavy atom. The molecule has 0 N–H and O–H groups in total. The van der Waals surface area contributed by atoms with Crippen LogP contribution in [0.25, 0.3) is 0 Å². The van der Waals surface area contributed by atoms with Gasteiger partial charge in [0.15, 0.2) is 0 Å². The van der Waals surface area contributed by atoms with E-state index in [1.54, 1.807) is 26.6 Å². The van der Waals surface area contributed by atoms with E-state index < -0.39 is 25.3 Å². The molecule has 0 amide bonds. The Morgan fingerprint density at radius 1 is 1.53 bits per heavy atom. The molecule has 6 heteroatoms. The molecule has 0 saturated heterocycles. The Morgan fingerprint density at radius 3 is 2.40 bits per heavy atom. The van der Waals surface area contributed by atoms with Gasteiger partial charge < -0.3 is 4.43 Å². The fourth-order valence-corrected chi connectivity index (χ4v) is 1.55. The van der Waals surface area contributed by atoms with Crippen molar-refractivity contribution in [3.8, 4) is 11.8 Å². The van der Waals surface area contributed by atoms with Crippen LogP contribution in [0.2, 0.25) is 19.6 Å². The number of carbonyl (C=O) groups excluding carboxylic acids is 1. The number of carbonyl (C=O) groups is 1. The quantitative estimate of drug-likeness (QED) is 0.316. The minimum absolute atomic E-state index is 0.0905. The molecule has 0 bridgehead atoms. The largest absolute Gasteiger partial charge is 0.515 e. The van der Waals surface area contributed by atoms with E-state index in [4.69, 9.17) is 4.43 Å². The lowest BCUT2D eigenvalue weighted by Crippen LogP contribution is -2.38. The standard InChI is InChI=1S/C9H15NO4Si/c1-5-6-7-8(10(12)13)9(11)14-15(2,3)4/h8H,7H2,1-4H3. The van der Waals surface area contributed by atoms with Crippen molar-refractivity contribution in [1.29, 1.82) is 0 Å². The van der Waals surface area contributed by atoms with E-state index in [2.05, 4.69) is 11.8 Å². The smallest absolute Gasteiger partial charge is 0.369 e. The van der Waals surface area contributed by atoms with Gasteiger partial charge in [-0.1, -0.05) is 5.92 Å². The maximum absolute atomic E-state index is 11.4. The monoisotopic (exact) mass is 229 g/mol. The summed E-state index contributed by atoms with van der Waals surface area (Å²) in [6, 6.07) is -1.36. The highest BCUT2D eigenvalue weighted by Crippen LogP contribution is 2.08. The lowest BCUT2D eigenvalue weighted by molar-refractivity contribution is -0.508. The Labute approximate surface area is 90.1 Å². The Balaban J connectivity index is 4.55. The Kier molecular flexibility index (Phi) is 5.01. The molecule has 0 spiro atoms. The highest BCUT2D eigenvalue weighted by Gasteiger charge is 2.34. The Hall–Kier alpha value is -1.35. The van der Waals surface area contributed by atoms with Gasteiger partial charge in [-0.05, 0) is 26.6 Å². The average molecular weight is 229 g/mol. The molecule has 0 aliphatic carbocycles. The first-order valence-corrected chi connectivity index (χ1v) is 7.94. The lowest BCUT2D eigenvalue weighted by atomic mass is 10.2. The van der Waals surface area contributed by atoms with Crippen LogP contribution in [0.3, 0.4) is 0 Å². The van der Waals surface area contributed by atoms with E-state index in [1.807, 2.05) is 0 Å². The third-order valence-electron chi connectivity index (χ3n) is 1.41. The van der Waals surface area contributed by atoms with Crippen LogP contribution in [0.15, 0.2) is 0 Å². The van der Waals surface area contributed by atoms with E-state index in [1.165, 1.54) is 0 Å². The molecule has 1 unspecified atom stereocenters. The second kappa shape index (κ2) is 5.51. The predicted molar refractivity (Wildman–Crippen MR) is 58.3 cm³/mol. The highest BCUT2D eigenvalue weighted by atomic mass is 28.4. The first-order chi connectivity index (χ1) is 6.78. The predicted octanol–water partition coefficient (Wildman–Crippen LogP) is 1.42. The normalized spacial score (nSPS) is 12.3. The minimum Gasteiger partial charge on any atom is -0.515 e. The number of hydrogen-bond acceptors (Lipinski definition) is 4. The van der Waals surface area contributed by atoms with Gasteiger partial charge in [-0.25, -0.2) is 4.79 Å². The van der Waals surface area contributed by atoms with E-state index in [9.17, 15) is 14.9 Å². The van der Waals surface area contributed by atoms with Gasteiger partial charge in [0, 0.05) is 4.92 Å². The molecule has 0 saturated carbocycles. The van der Waals surface area contributed by atoms with Crippen molar-refractivity contribution in [2.75, 3.05) is 0 Å². The maximum atomic E-state index is 11.4. The average Bonchev–Trinajstić information content (AvgIpc) is 2.00. The summed E-state index contributed by atoms with van der Waals surface area (Å²) in [6.45, 7) is 6.97. The van der Waals surface area contributed by atoms with Crippen LogP contribution in [-0.2, 0) is 9.22 Å². The third-order valence-corrected chi connectivity index (χ3v) is 2.22. The summed E-state index contributed by atoms with van der Waals surface area (Å²) in [4.78, 5) is 21.3. The van der Waals surface area contributed by atoms with Crippen molar-refractivity contribution < 1.29 is 14.1 Å². The van der Waals surface area contributed by atoms with Crippen LogP contribution in [-0.4, -0.2) is 25.3 Å². The summed E-state index contributed by atoms with van der Waals surface area (Å²) in [5.74, 6) is 4.26. The van der Waals surface area contributed by atoms with Gasteiger partial charge in [-0.3, -0.25) is 10.1 Å². The summed E-state index contributed by atoms with van der Waals surface area (Å²) in [6.07, 6.45) is -0.0905. The molecule has 0 rings (SSSR count). The van der Waals surface area contributed by atoms with Crippen LogP contribution >= 0.6 is 0 Å². The number of nitrogens with zero attached hydrogens (tertiary/aromatic N) is 1. The molecule has 0 heterocycles. The summed E-state index contributed by atoms with van der Waals surface area (Å²) >= 11 is 0. The van der Waals surface area contributed by atoms with Gasteiger partial charge in [0.25, 0.3) is 0 Å². The van der Waals surface area contributed by atoms with Gasteiger partial charge in [0.05, 0.1) is 6.42 Å². The van der Waals surface area contributed by atoms with Crippen molar-refractivity contribution in [1.82, 2.24) is 0 Å². The van der Waals surface area contributed by atoms with Crippen molar-refractivity contribution in [3.63, 3.8) is 0 Å². The van der Waals surface area contributed by atoms with Gasteiger partial charge in [0.1, 0.15) is 0 Å². The second-order valence-electron chi connectivity index (χ2n) is 3.97. The number of nitro groups is 1. The van der Waals surface area contributed by atoms with Gasteiger partial charge in [0.2, 0.25) is 8.32 Å². The zero-order chi connectivity index (χ0) is 12.1. The van der Waals surface area contributed by atoms with Crippen molar-refractivity contribution in [2.45, 2.75) is 39.0 Å². The SMILES string of the molecule is CC#CCC(C(=O)O[Si](C)(C)C)[N+](=O)[O-]. The van der Waals surface area contributed by atoms with E-state index in [0.29, 0.717) is 0 Å². The summed E-state index contributed by atoms with van der Waals surface area (Å²) in [5, 5.41) is 10.6. The molecule has 84 valence electrons. The van der Waals surface area contributed by atoms with Crippen LogP contribution in [0.1, 0.15) is 13.3 Å². The molecular formula is C9H15NO4Si. The first-order valence-electron chi connectivity index (χ1n) is 4.54. The van der Waals surface area contributed by atoms with Gasteiger partial charge in [-0.15, -0.1) is 5.92 Å². The van der Waals surface area contributed by atoms with E-state index >= 15 is 0 Å². The molecule has 1 atom stereocenters. The number of rotatable bonds is 4. The lowest BCUT2D eigenvalue weighted by Gasteiger charge is -2.18. The highest BCUT2D eigenvalue weighted by molar-refractivity contribution is 6.71. The fraction of sp³-hybridized carbons (Fsp3) is 0.667. The molecule has 5 nitrogen and oxygen atoms in total. The molecule has 0 aromatic rings. The first kappa shape index (κ1) is 13.6. The summed E-state index contributed by atoms with van der Waals surface area (Å²) < 4.78 is 5.05. The molecule has 0 aromatic heterocycles. The maximum Gasteiger partial charge on any atom is 0.369 e. The second-order valence-corrected chi connectivity index (χ2v) is 8.39. The summed E-state index contributed by atoms with van der Waals surface area (Å²) in [5.41, 5.74) is 0. The molecule has 0 aliphatic heterocycles. The molecule has 15 heavy (non-hydrogen) atoms. The van der Waals surface area contributed by atoms with Crippen LogP contribution < -0.4 is 0 Å². The van der Waals surface area contributed by atoms with Crippen molar-refractivity contribution in [3.05, 3.63) is 10.1 Å². The van der Waals surface area contributed by atoms with Crippen molar-refractivity contribution in [2.24, 2.45) is 0 Å². The molecule has 0 radical (unpaired) electrons. The number of hydrogen-bond donors (Lipinski definition) is 0.